The van der Waals surface area contributed by atoms with Gasteiger partial charge in [-0.2, -0.15) is 0 Å². The Morgan fingerprint density at radius 2 is 1.90 bits per heavy atom. The van der Waals surface area contributed by atoms with Gasteiger partial charge in [0.1, 0.15) is 5.82 Å². The molecule has 0 saturated heterocycles. The fraction of sp³-hybridized carbons (Fsp3) is 0.133. The summed E-state index contributed by atoms with van der Waals surface area (Å²) in [4.78, 5) is 11.9. The van der Waals surface area contributed by atoms with Crippen LogP contribution in [0, 0.1) is 5.82 Å². The Balaban J connectivity index is 1.90. The number of carbonyl (C=O) groups excluding carboxylic acids is 1. The maximum absolute atomic E-state index is 12.7. The third-order valence-corrected chi connectivity index (χ3v) is 3.25. The summed E-state index contributed by atoms with van der Waals surface area (Å²) in [5.74, 6) is -0.442. The molecular weight excluding hydrogens is 323 g/mol. The highest BCUT2D eigenvalue weighted by atomic mass is 79.9. The van der Waals surface area contributed by atoms with Gasteiger partial charge in [-0.25, -0.2) is 4.39 Å². The van der Waals surface area contributed by atoms with E-state index in [1.807, 2.05) is 0 Å². The molecule has 0 atom stereocenters. The number of hydrogen-bond acceptors (Lipinski definition) is 2. The third kappa shape index (κ3) is 4.06. The van der Waals surface area contributed by atoms with Crippen molar-refractivity contribution in [1.82, 2.24) is 5.32 Å². The second-order valence-electron chi connectivity index (χ2n) is 4.41. The Labute approximate surface area is 125 Å². The van der Waals surface area contributed by atoms with E-state index in [4.69, 9.17) is 5.73 Å². The van der Waals surface area contributed by atoms with E-state index in [1.165, 1.54) is 12.1 Å². The molecule has 0 heterocycles. The second kappa shape index (κ2) is 6.52. The number of hydrogen-bond donors (Lipinski definition) is 2. The molecular formula is C15H14BrFN2O. The third-order valence-electron chi connectivity index (χ3n) is 2.79. The zero-order chi connectivity index (χ0) is 14.5. The lowest BCUT2D eigenvalue weighted by atomic mass is 10.1. The van der Waals surface area contributed by atoms with Crippen LogP contribution in [0.25, 0.3) is 0 Å². The van der Waals surface area contributed by atoms with Crippen molar-refractivity contribution in [3.63, 3.8) is 0 Å². The first kappa shape index (κ1) is 14.5. The van der Waals surface area contributed by atoms with Crippen LogP contribution in [0.2, 0.25) is 0 Å². The van der Waals surface area contributed by atoms with E-state index < -0.39 is 0 Å². The molecule has 2 rings (SSSR count). The van der Waals surface area contributed by atoms with Crippen LogP contribution < -0.4 is 11.1 Å². The minimum Gasteiger partial charge on any atom is -0.399 e. The first-order valence-corrected chi connectivity index (χ1v) is 6.92. The van der Waals surface area contributed by atoms with Crippen molar-refractivity contribution < 1.29 is 9.18 Å². The zero-order valence-corrected chi connectivity index (χ0v) is 12.3. The molecule has 0 unspecified atom stereocenters. The van der Waals surface area contributed by atoms with E-state index in [2.05, 4.69) is 21.2 Å². The molecule has 0 fully saturated rings. The van der Waals surface area contributed by atoms with E-state index in [9.17, 15) is 9.18 Å². The van der Waals surface area contributed by atoms with Gasteiger partial charge in [-0.1, -0.05) is 28.1 Å². The van der Waals surface area contributed by atoms with Gasteiger partial charge in [-0.05, 0) is 42.3 Å². The Kier molecular flexibility index (Phi) is 4.74. The molecule has 5 heteroatoms. The number of halogens is 2. The van der Waals surface area contributed by atoms with Crippen LogP contribution in [0.4, 0.5) is 10.1 Å². The number of nitrogens with one attached hydrogen (secondary N) is 1. The van der Waals surface area contributed by atoms with Crippen LogP contribution in [-0.2, 0) is 6.42 Å². The summed E-state index contributed by atoms with van der Waals surface area (Å²) in [6.45, 7) is 0.483. The SMILES string of the molecule is Nc1cc(Br)cc(C(=O)NCCc2ccc(F)cc2)c1. The van der Waals surface area contributed by atoms with Gasteiger partial charge >= 0.3 is 0 Å². The smallest absolute Gasteiger partial charge is 0.251 e. The highest BCUT2D eigenvalue weighted by Gasteiger charge is 2.06. The van der Waals surface area contributed by atoms with Gasteiger partial charge in [0.15, 0.2) is 0 Å². The van der Waals surface area contributed by atoms with E-state index in [1.54, 1.807) is 30.3 Å². The molecule has 2 aromatic rings. The Morgan fingerprint density at radius 1 is 1.20 bits per heavy atom. The number of rotatable bonds is 4. The number of nitrogen functional groups attached to an aromatic ring is 1. The predicted molar refractivity (Wildman–Crippen MR) is 81.0 cm³/mol. The predicted octanol–water partition coefficient (Wildman–Crippen LogP) is 3.14. The lowest BCUT2D eigenvalue weighted by molar-refractivity contribution is 0.0954. The summed E-state index contributed by atoms with van der Waals surface area (Å²) >= 11 is 3.30. The first-order chi connectivity index (χ1) is 9.54. The molecule has 2 aromatic carbocycles. The van der Waals surface area contributed by atoms with Gasteiger partial charge in [0, 0.05) is 22.3 Å². The van der Waals surface area contributed by atoms with Crippen molar-refractivity contribution in [3.05, 3.63) is 63.9 Å². The Bertz CT molecular complexity index is 594. The van der Waals surface area contributed by atoms with E-state index in [0.717, 1.165) is 10.0 Å². The minimum absolute atomic E-state index is 0.180. The highest BCUT2D eigenvalue weighted by Crippen LogP contribution is 2.17. The second-order valence-corrected chi connectivity index (χ2v) is 5.32. The molecule has 0 spiro atoms. The van der Waals surface area contributed by atoms with Gasteiger partial charge in [-0.15, -0.1) is 0 Å². The van der Waals surface area contributed by atoms with Crippen LogP contribution in [0.3, 0.4) is 0 Å². The van der Waals surface area contributed by atoms with Gasteiger partial charge in [0.2, 0.25) is 0 Å². The largest absolute Gasteiger partial charge is 0.399 e. The van der Waals surface area contributed by atoms with Gasteiger partial charge < -0.3 is 11.1 Å². The number of anilines is 1. The fourth-order valence-electron chi connectivity index (χ4n) is 1.82. The molecule has 3 N–H and O–H groups in total. The van der Waals surface area contributed by atoms with Crippen molar-refractivity contribution in [2.75, 3.05) is 12.3 Å². The van der Waals surface area contributed by atoms with E-state index >= 15 is 0 Å². The van der Waals surface area contributed by atoms with Crippen molar-refractivity contribution in [2.45, 2.75) is 6.42 Å². The molecule has 0 saturated carbocycles. The number of nitrogens with two attached hydrogens (primary N) is 1. The summed E-state index contributed by atoms with van der Waals surface area (Å²) < 4.78 is 13.5. The van der Waals surface area contributed by atoms with Crippen LogP contribution in [0.15, 0.2) is 46.9 Å². The van der Waals surface area contributed by atoms with Gasteiger partial charge in [0.05, 0.1) is 0 Å². The molecule has 3 nitrogen and oxygen atoms in total. The van der Waals surface area contributed by atoms with Crippen LogP contribution >= 0.6 is 15.9 Å². The molecule has 0 bridgehead atoms. The average molecular weight is 337 g/mol. The zero-order valence-electron chi connectivity index (χ0n) is 10.7. The van der Waals surface area contributed by atoms with E-state index in [0.29, 0.717) is 24.2 Å². The monoisotopic (exact) mass is 336 g/mol. The molecule has 0 radical (unpaired) electrons. The van der Waals surface area contributed by atoms with Gasteiger partial charge in [0.25, 0.3) is 5.91 Å². The Morgan fingerprint density at radius 3 is 2.55 bits per heavy atom. The molecule has 0 aliphatic heterocycles. The summed E-state index contributed by atoms with van der Waals surface area (Å²) in [5.41, 5.74) is 7.70. The molecule has 0 aliphatic rings. The quantitative estimate of drug-likeness (QED) is 0.842. The standard InChI is InChI=1S/C15H14BrFN2O/c16-12-7-11(8-14(18)9-12)15(20)19-6-5-10-1-3-13(17)4-2-10/h1-4,7-9H,5-6,18H2,(H,19,20). The lowest BCUT2D eigenvalue weighted by Crippen LogP contribution is -2.25. The van der Waals surface area contributed by atoms with Crippen molar-refractivity contribution in [1.29, 1.82) is 0 Å². The minimum atomic E-state index is -0.262. The van der Waals surface area contributed by atoms with Crippen LogP contribution in [0.5, 0.6) is 0 Å². The van der Waals surface area contributed by atoms with Crippen LogP contribution in [-0.4, -0.2) is 12.5 Å². The van der Waals surface area contributed by atoms with Crippen molar-refractivity contribution in [2.24, 2.45) is 0 Å². The molecule has 104 valence electrons. The number of carbonyl (C=O) groups is 1. The Hall–Kier alpha value is -1.88. The molecule has 1 amide bonds. The molecule has 0 aromatic heterocycles. The van der Waals surface area contributed by atoms with E-state index in [-0.39, 0.29) is 11.7 Å². The fourth-order valence-corrected chi connectivity index (χ4v) is 2.33. The van der Waals surface area contributed by atoms with Crippen molar-refractivity contribution in [3.8, 4) is 0 Å². The summed E-state index contributed by atoms with van der Waals surface area (Å²) in [6, 6.07) is 11.3. The number of benzene rings is 2. The maximum atomic E-state index is 12.7. The summed E-state index contributed by atoms with van der Waals surface area (Å²) in [6.07, 6.45) is 0.648. The topological polar surface area (TPSA) is 55.1 Å². The average Bonchev–Trinajstić information content (AvgIpc) is 2.40. The number of amides is 1. The lowest BCUT2D eigenvalue weighted by Gasteiger charge is -2.07. The van der Waals surface area contributed by atoms with Gasteiger partial charge in [-0.3, -0.25) is 4.79 Å². The summed E-state index contributed by atoms with van der Waals surface area (Å²) in [5, 5.41) is 2.81. The summed E-state index contributed by atoms with van der Waals surface area (Å²) in [7, 11) is 0. The van der Waals surface area contributed by atoms with Crippen molar-refractivity contribution >= 4 is 27.5 Å². The maximum Gasteiger partial charge on any atom is 0.251 e. The normalized spacial score (nSPS) is 10.3. The highest BCUT2D eigenvalue weighted by molar-refractivity contribution is 9.10. The first-order valence-electron chi connectivity index (χ1n) is 6.13. The molecule has 0 aliphatic carbocycles. The molecule has 20 heavy (non-hydrogen) atoms. The van der Waals surface area contributed by atoms with Crippen LogP contribution in [0.1, 0.15) is 15.9 Å².